The van der Waals surface area contributed by atoms with Crippen molar-refractivity contribution in [2.45, 2.75) is 110 Å². The van der Waals surface area contributed by atoms with Crippen LogP contribution in [-0.4, -0.2) is 129 Å². The molecule has 0 unspecified atom stereocenters. The van der Waals surface area contributed by atoms with E-state index < -0.39 is 122 Å². The molecule has 0 bridgehead atoms. The summed E-state index contributed by atoms with van der Waals surface area (Å²) >= 11 is 0. The average molecular weight is 720 g/mol. The molecule has 0 radical (unpaired) electrons. The number of amides is 1. The van der Waals surface area contributed by atoms with Gasteiger partial charge in [0.1, 0.15) is 44.2 Å². The van der Waals surface area contributed by atoms with Gasteiger partial charge in [-0.1, -0.05) is 12.7 Å². The number of esters is 7. The summed E-state index contributed by atoms with van der Waals surface area (Å²) in [6.45, 7) is 9.20. The van der Waals surface area contributed by atoms with Gasteiger partial charge >= 0.3 is 47.9 Å². The molecule has 50 heavy (non-hydrogen) atoms. The Bertz CT molecular complexity index is 1280. The van der Waals surface area contributed by atoms with Gasteiger partial charge in [0, 0.05) is 48.5 Å². The van der Waals surface area contributed by atoms with Crippen molar-refractivity contribution in [2.24, 2.45) is 0 Å². The number of hydrogen-bond donors (Lipinski definition) is 1. The molecule has 2 aliphatic heterocycles. The van der Waals surface area contributed by atoms with Crippen molar-refractivity contribution < 1.29 is 90.5 Å². The van der Waals surface area contributed by atoms with E-state index in [-0.39, 0.29) is 6.61 Å². The molecule has 0 aromatic rings. The summed E-state index contributed by atoms with van der Waals surface area (Å²) in [7, 11) is 0. The molecule has 2 heterocycles. The standard InChI is InChI=1S/C30H41NO19/c1-9-10-40-30(39)31-22-25(44-16(5)35)23(20(11-41-13(2)32)48-28(22)47-19(8)38)50-29-27(46-18(7)37)26(45-17(6)36)24(43-15(4)34)21(49-29)12-42-14(3)33/h9,20-29H,1,10-12H2,2-8H3,(H,31,39)/t20-,21-,22-,23-,24+,25-,26+,27-,28+,29+/m1/s1. The minimum absolute atomic E-state index is 0.254. The zero-order valence-electron chi connectivity index (χ0n) is 28.4. The first-order chi connectivity index (χ1) is 23.4. The number of carbonyl (C=O) groups excluding carboxylic acids is 8. The highest BCUT2D eigenvalue weighted by Crippen LogP contribution is 2.35. The van der Waals surface area contributed by atoms with Crippen LogP contribution in [0.4, 0.5) is 4.79 Å². The van der Waals surface area contributed by atoms with E-state index in [4.69, 9.17) is 52.1 Å². The highest BCUT2D eigenvalue weighted by atomic mass is 16.8. The van der Waals surface area contributed by atoms with Crippen molar-refractivity contribution in [1.82, 2.24) is 5.32 Å². The van der Waals surface area contributed by atoms with E-state index in [1.165, 1.54) is 6.08 Å². The number of nitrogens with one attached hydrogen (secondary N) is 1. The van der Waals surface area contributed by atoms with E-state index in [0.29, 0.717) is 0 Å². The molecule has 20 nitrogen and oxygen atoms in total. The maximum Gasteiger partial charge on any atom is 0.408 e. The van der Waals surface area contributed by atoms with Crippen molar-refractivity contribution in [3.05, 3.63) is 12.7 Å². The summed E-state index contributed by atoms with van der Waals surface area (Å²) in [5.74, 6) is -6.15. The Kier molecular flexibility index (Phi) is 16.0. The largest absolute Gasteiger partial charge is 0.463 e. The Balaban J connectivity index is 2.75. The third-order valence-electron chi connectivity index (χ3n) is 6.54. The fourth-order valence-electron chi connectivity index (χ4n) is 4.92. The molecule has 0 saturated carbocycles. The summed E-state index contributed by atoms with van der Waals surface area (Å²) in [6.07, 6.45) is -14.6. The second kappa shape index (κ2) is 19.4. The van der Waals surface area contributed by atoms with E-state index in [0.717, 1.165) is 48.5 Å². The third-order valence-corrected chi connectivity index (χ3v) is 6.54. The molecule has 2 saturated heterocycles. The normalized spacial score (nSPS) is 28.8. The maximum atomic E-state index is 12.7. The van der Waals surface area contributed by atoms with Crippen LogP contribution in [0.25, 0.3) is 0 Å². The van der Waals surface area contributed by atoms with Crippen molar-refractivity contribution in [1.29, 1.82) is 0 Å². The maximum absolute atomic E-state index is 12.7. The molecule has 1 N–H and O–H groups in total. The molecule has 2 fully saturated rings. The first kappa shape index (κ1) is 41.4. The van der Waals surface area contributed by atoms with Crippen LogP contribution >= 0.6 is 0 Å². The SMILES string of the molecule is C=CCOC(=O)N[C@H]1[C@@H](OC(C)=O)O[C@H](COC(C)=O)[C@@H](O[C@@H]2O[C@H](COC(C)=O)[C@H](OC(C)=O)[C@H](OC(C)=O)[C@H]2OC(C)=O)[C@@H]1OC(C)=O. The van der Waals surface area contributed by atoms with Gasteiger partial charge in [0.25, 0.3) is 0 Å². The van der Waals surface area contributed by atoms with Gasteiger partial charge in [0.15, 0.2) is 30.7 Å². The summed E-state index contributed by atoms with van der Waals surface area (Å²) in [5, 5.41) is 2.38. The van der Waals surface area contributed by atoms with Crippen molar-refractivity contribution >= 4 is 47.9 Å². The van der Waals surface area contributed by atoms with Gasteiger partial charge in [0.05, 0.1) is 0 Å². The summed E-state index contributed by atoms with van der Waals surface area (Å²) < 4.78 is 60.4. The van der Waals surface area contributed by atoms with Crippen LogP contribution in [0.1, 0.15) is 48.5 Å². The molecule has 2 rings (SSSR count). The van der Waals surface area contributed by atoms with Gasteiger partial charge in [-0.2, -0.15) is 0 Å². The first-order valence-electron chi connectivity index (χ1n) is 15.1. The van der Waals surface area contributed by atoms with Gasteiger partial charge in [0.2, 0.25) is 6.29 Å². The molecule has 10 atom stereocenters. The molecular weight excluding hydrogens is 678 g/mol. The number of alkyl carbamates (subject to hydrolysis) is 1. The van der Waals surface area contributed by atoms with Gasteiger partial charge in [-0.25, -0.2) is 4.79 Å². The minimum atomic E-state index is -1.85. The highest BCUT2D eigenvalue weighted by molar-refractivity contribution is 5.70. The van der Waals surface area contributed by atoms with Crippen LogP contribution < -0.4 is 5.32 Å². The monoisotopic (exact) mass is 719 g/mol. The Hall–Kier alpha value is -4.82. The van der Waals surface area contributed by atoms with Crippen LogP contribution in [0.2, 0.25) is 0 Å². The summed E-state index contributed by atoms with van der Waals surface area (Å²) in [4.78, 5) is 97.5. The van der Waals surface area contributed by atoms with Crippen LogP contribution in [0.3, 0.4) is 0 Å². The Labute approximate surface area is 286 Å². The molecule has 280 valence electrons. The number of ether oxygens (including phenoxy) is 11. The van der Waals surface area contributed by atoms with E-state index in [2.05, 4.69) is 11.9 Å². The van der Waals surface area contributed by atoms with Gasteiger partial charge in [-0.3, -0.25) is 33.6 Å². The Morgan fingerprint density at radius 2 is 0.980 bits per heavy atom. The second-order valence-electron chi connectivity index (χ2n) is 10.8. The number of rotatable bonds is 14. The molecule has 0 aliphatic carbocycles. The lowest BCUT2D eigenvalue weighted by Crippen LogP contribution is -2.69. The van der Waals surface area contributed by atoms with Crippen LogP contribution in [-0.2, 0) is 85.7 Å². The zero-order chi connectivity index (χ0) is 37.7. The quantitative estimate of drug-likeness (QED) is 0.135. The van der Waals surface area contributed by atoms with Crippen molar-refractivity contribution in [2.75, 3.05) is 19.8 Å². The van der Waals surface area contributed by atoms with Crippen molar-refractivity contribution in [3.8, 4) is 0 Å². The molecule has 20 heteroatoms. The van der Waals surface area contributed by atoms with E-state index >= 15 is 0 Å². The lowest BCUT2D eigenvalue weighted by atomic mass is 9.95. The number of carbonyl (C=O) groups is 8. The zero-order valence-corrected chi connectivity index (χ0v) is 28.4. The Morgan fingerprint density at radius 1 is 0.540 bits per heavy atom. The molecule has 1 amide bonds. The molecule has 0 aromatic carbocycles. The average Bonchev–Trinajstić information content (AvgIpc) is 2.98. The fraction of sp³-hybridized carbons (Fsp3) is 0.667. The molecule has 0 aromatic heterocycles. The van der Waals surface area contributed by atoms with Crippen LogP contribution in [0.15, 0.2) is 12.7 Å². The van der Waals surface area contributed by atoms with Crippen LogP contribution in [0.5, 0.6) is 0 Å². The molecule has 0 spiro atoms. The predicted molar refractivity (Wildman–Crippen MR) is 158 cm³/mol. The smallest absolute Gasteiger partial charge is 0.408 e. The Morgan fingerprint density at radius 3 is 1.46 bits per heavy atom. The third kappa shape index (κ3) is 12.9. The van der Waals surface area contributed by atoms with E-state index in [9.17, 15) is 38.4 Å². The topological polar surface area (TPSA) is 250 Å². The van der Waals surface area contributed by atoms with Gasteiger partial charge < -0.3 is 57.4 Å². The van der Waals surface area contributed by atoms with E-state index in [1.54, 1.807) is 0 Å². The minimum Gasteiger partial charge on any atom is -0.463 e. The molecule has 2 aliphatic rings. The summed E-state index contributed by atoms with van der Waals surface area (Å²) in [5.41, 5.74) is 0. The highest BCUT2D eigenvalue weighted by Gasteiger charge is 2.57. The van der Waals surface area contributed by atoms with Crippen molar-refractivity contribution in [3.63, 3.8) is 0 Å². The van der Waals surface area contributed by atoms with E-state index in [1.807, 2.05) is 0 Å². The second-order valence-corrected chi connectivity index (χ2v) is 10.8. The molecular formula is C30H41NO19. The number of hydrogen-bond acceptors (Lipinski definition) is 19. The lowest BCUT2D eigenvalue weighted by molar-refractivity contribution is -0.348. The fourth-order valence-corrected chi connectivity index (χ4v) is 4.92. The van der Waals surface area contributed by atoms with Gasteiger partial charge in [-0.15, -0.1) is 0 Å². The lowest BCUT2D eigenvalue weighted by Gasteiger charge is -2.48. The summed E-state index contributed by atoms with van der Waals surface area (Å²) in [6, 6.07) is -1.58. The van der Waals surface area contributed by atoms with Crippen LogP contribution in [0, 0.1) is 0 Å². The first-order valence-corrected chi connectivity index (χ1v) is 15.1. The van der Waals surface area contributed by atoms with Gasteiger partial charge in [-0.05, 0) is 0 Å². The predicted octanol–water partition coefficient (Wildman–Crippen LogP) is -0.482.